The molecule has 0 aliphatic carbocycles. The van der Waals surface area contributed by atoms with Gasteiger partial charge < -0.3 is 20.1 Å². The van der Waals surface area contributed by atoms with Crippen LogP contribution >= 0.6 is 0 Å². The van der Waals surface area contributed by atoms with Gasteiger partial charge in [0.05, 0.1) is 12.2 Å². The number of carboxylic acid groups (broad SMARTS) is 1. The molecular formula is C27H35NaO4. The molecule has 0 saturated heterocycles. The molecule has 0 bridgehead atoms. The van der Waals surface area contributed by atoms with Gasteiger partial charge in [0.2, 0.25) is 0 Å². The van der Waals surface area contributed by atoms with Crippen molar-refractivity contribution in [2.75, 3.05) is 0 Å². The number of carbonyl (C=O) groups is 1. The van der Waals surface area contributed by atoms with Crippen LogP contribution in [-0.4, -0.2) is 28.4 Å². The molecule has 32 heavy (non-hydrogen) atoms. The van der Waals surface area contributed by atoms with E-state index < -0.39 is 24.6 Å². The molecular weight excluding hydrogens is 411 g/mol. The Bertz CT molecular complexity index is 872. The van der Waals surface area contributed by atoms with E-state index in [0.717, 1.165) is 18.4 Å². The van der Waals surface area contributed by atoms with Crippen LogP contribution in [0.25, 0.3) is 6.08 Å². The quantitative estimate of drug-likeness (QED) is 0.508. The molecule has 0 heterocycles. The summed E-state index contributed by atoms with van der Waals surface area (Å²) in [4.78, 5) is 10.6. The molecule has 5 heteroatoms. The third kappa shape index (κ3) is 7.29. The summed E-state index contributed by atoms with van der Waals surface area (Å²) in [5.41, 5.74) is 4.76. The van der Waals surface area contributed by atoms with Crippen molar-refractivity contribution in [3.63, 3.8) is 0 Å². The van der Waals surface area contributed by atoms with Crippen molar-refractivity contribution in [3.8, 4) is 0 Å². The van der Waals surface area contributed by atoms with Crippen molar-refractivity contribution in [2.45, 2.75) is 76.9 Å². The Hall–Kier alpha value is -1.43. The number of benzene rings is 2. The van der Waals surface area contributed by atoms with Crippen LogP contribution in [0, 0.1) is 0 Å². The average molecular weight is 447 g/mol. The van der Waals surface area contributed by atoms with Crippen molar-refractivity contribution in [1.82, 2.24) is 0 Å². The average Bonchev–Trinajstić information content (AvgIpc) is 2.74. The Balaban J connectivity index is 0.00000512. The molecule has 0 fully saturated rings. The van der Waals surface area contributed by atoms with Gasteiger partial charge in [0.25, 0.3) is 0 Å². The van der Waals surface area contributed by atoms with Crippen LogP contribution < -0.4 is 34.7 Å². The molecule has 0 aliphatic rings. The van der Waals surface area contributed by atoms with Gasteiger partial charge in [-0.05, 0) is 41.0 Å². The Morgan fingerprint density at radius 2 is 1.66 bits per heavy atom. The van der Waals surface area contributed by atoms with Crippen molar-refractivity contribution in [1.29, 1.82) is 0 Å². The Labute approximate surface area is 214 Å². The van der Waals surface area contributed by atoms with E-state index >= 15 is 0 Å². The van der Waals surface area contributed by atoms with Gasteiger partial charge in [-0.15, -0.1) is 0 Å². The number of hydrogen-bond donors (Lipinski definition) is 2. The van der Waals surface area contributed by atoms with E-state index in [1.165, 1.54) is 16.7 Å². The maximum absolute atomic E-state index is 10.6. The summed E-state index contributed by atoms with van der Waals surface area (Å²) in [5.74, 6) is -1.03. The van der Waals surface area contributed by atoms with Crippen LogP contribution in [0.1, 0.15) is 81.5 Å². The third-order valence-corrected chi connectivity index (χ3v) is 6.21. The molecule has 2 atom stereocenters. The molecule has 168 valence electrons. The molecule has 2 rings (SSSR count). The van der Waals surface area contributed by atoms with Gasteiger partial charge in [-0.3, -0.25) is 0 Å². The summed E-state index contributed by atoms with van der Waals surface area (Å²) in [6.07, 6.45) is 2.89. The zero-order valence-corrected chi connectivity index (χ0v) is 22.0. The Morgan fingerprint density at radius 3 is 2.19 bits per heavy atom. The topological polar surface area (TPSA) is 80.6 Å². The van der Waals surface area contributed by atoms with Crippen LogP contribution in [-0.2, 0) is 10.2 Å². The second-order valence-corrected chi connectivity index (χ2v) is 8.55. The predicted octanol–water partition coefficient (Wildman–Crippen LogP) is 1.19. The summed E-state index contributed by atoms with van der Waals surface area (Å²) in [6, 6.07) is 17.2. The standard InChI is InChI=1S/C27H36O4.Na/c1-5-27(6-2,21-10-8-7-9-11-21)22-14-12-20(25(16-22)19(3)4)13-15-23(28)17-24(29)18-26(30)31;/h7-16,19,23-24,28-29H,5-6,17-18H2,1-4H3,(H,30,31);/q;+1/p-1/b15-13+;/t23-,24-;/m1./s1. The first-order valence-corrected chi connectivity index (χ1v) is 11.2. The molecule has 4 nitrogen and oxygen atoms in total. The molecule has 0 unspecified atom stereocenters. The number of hydrogen-bond acceptors (Lipinski definition) is 4. The van der Waals surface area contributed by atoms with Gasteiger partial charge >= 0.3 is 29.6 Å². The van der Waals surface area contributed by atoms with Crippen molar-refractivity contribution < 1.29 is 49.7 Å². The van der Waals surface area contributed by atoms with E-state index in [4.69, 9.17) is 0 Å². The van der Waals surface area contributed by atoms with Gasteiger partial charge in [-0.2, -0.15) is 0 Å². The number of rotatable bonds is 11. The second-order valence-electron chi connectivity index (χ2n) is 8.55. The normalized spacial score (nSPS) is 13.7. The van der Waals surface area contributed by atoms with Gasteiger partial charge in [0.15, 0.2) is 0 Å². The van der Waals surface area contributed by atoms with Crippen LogP contribution in [0.4, 0.5) is 0 Å². The van der Waals surface area contributed by atoms with Gasteiger partial charge in [0.1, 0.15) is 0 Å². The predicted molar refractivity (Wildman–Crippen MR) is 124 cm³/mol. The largest absolute Gasteiger partial charge is 1.00 e. The SMILES string of the molecule is CCC(CC)(c1ccccc1)c1ccc(/C=C/[C@@H](O)C[C@@H](O)CC(=O)[O-])c(C(C)C)c1.[Na+]. The first kappa shape index (κ1) is 28.6. The molecule has 2 N–H and O–H groups in total. The van der Waals surface area contributed by atoms with Gasteiger partial charge in [-0.25, -0.2) is 0 Å². The summed E-state index contributed by atoms with van der Waals surface area (Å²) in [7, 11) is 0. The molecule has 0 radical (unpaired) electrons. The molecule has 0 aromatic heterocycles. The fourth-order valence-corrected chi connectivity index (χ4v) is 4.36. The summed E-state index contributed by atoms with van der Waals surface area (Å²) >= 11 is 0. The molecule has 0 amide bonds. The van der Waals surface area contributed by atoms with E-state index in [1.54, 1.807) is 6.08 Å². The second kappa shape index (κ2) is 13.3. The van der Waals surface area contributed by atoms with Crippen LogP contribution in [0.3, 0.4) is 0 Å². The van der Waals surface area contributed by atoms with E-state index in [0.29, 0.717) is 5.92 Å². The number of carboxylic acids is 1. The minimum Gasteiger partial charge on any atom is -0.550 e. The Morgan fingerprint density at radius 1 is 1.03 bits per heavy atom. The fourth-order valence-electron chi connectivity index (χ4n) is 4.36. The fraction of sp³-hybridized carbons (Fsp3) is 0.444. The number of carbonyl (C=O) groups excluding carboxylic acids is 1. The van der Waals surface area contributed by atoms with E-state index in [9.17, 15) is 20.1 Å². The maximum atomic E-state index is 10.6. The van der Waals surface area contributed by atoms with E-state index in [-0.39, 0.29) is 41.4 Å². The van der Waals surface area contributed by atoms with Crippen LogP contribution in [0.2, 0.25) is 0 Å². The number of aliphatic hydroxyl groups is 2. The first-order valence-electron chi connectivity index (χ1n) is 11.2. The monoisotopic (exact) mass is 446 g/mol. The Kier molecular flexibility index (Phi) is 11.9. The summed E-state index contributed by atoms with van der Waals surface area (Å²) < 4.78 is 0. The van der Waals surface area contributed by atoms with Crippen LogP contribution in [0.5, 0.6) is 0 Å². The van der Waals surface area contributed by atoms with E-state index in [2.05, 4.69) is 70.2 Å². The zero-order valence-electron chi connectivity index (χ0n) is 20.0. The zero-order chi connectivity index (χ0) is 23.0. The summed E-state index contributed by atoms with van der Waals surface area (Å²) in [5, 5.41) is 30.5. The number of aliphatic carboxylic acids is 1. The van der Waals surface area contributed by atoms with Gasteiger partial charge in [-0.1, -0.05) is 88.4 Å². The van der Waals surface area contributed by atoms with Crippen molar-refractivity contribution >= 4 is 12.0 Å². The maximum Gasteiger partial charge on any atom is 1.00 e. The molecule has 0 saturated carbocycles. The molecule has 2 aromatic carbocycles. The first-order chi connectivity index (χ1) is 14.7. The molecule has 2 aromatic rings. The smallest absolute Gasteiger partial charge is 0.550 e. The summed E-state index contributed by atoms with van der Waals surface area (Å²) in [6.45, 7) is 8.76. The van der Waals surface area contributed by atoms with Crippen molar-refractivity contribution in [3.05, 3.63) is 76.9 Å². The van der Waals surface area contributed by atoms with Gasteiger partial charge in [0, 0.05) is 24.2 Å². The minimum atomic E-state index is -1.32. The van der Waals surface area contributed by atoms with E-state index in [1.807, 2.05) is 12.1 Å². The minimum absolute atomic E-state index is 0. The molecule has 0 aliphatic heterocycles. The number of aliphatic hydroxyl groups excluding tert-OH is 2. The van der Waals surface area contributed by atoms with Crippen LogP contribution in [0.15, 0.2) is 54.6 Å². The third-order valence-electron chi connectivity index (χ3n) is 6.21. The molecule has 0 spiro atoms. The van der Waals surface area contributed by atoms with Crippen molar-refractivity contribution in [2.24, 2.45) is 0 Å².